The third kappa shape index (κ3) is 5.48. The summed E-state index contributed by atoms with van der Waals surface area (Å²) < 4.78 is 0. The number of nitro groups is 1. The summed E-state index contributed by atoms with van der Waals surface area (Å²) >= 11 is 1.68. The maximum absolute atomic E-state index is 12.9. The average Bonchev–Trinajstić information content (AvgIpc) is 2.85. The molecule has 0 aliphatic rings. The van der Waals surface area contributed by atoms with Gasteiger partial charge in [0.15, 0.2) is 0 Å². The summed E-state index contributed by atoms with van der Waals surface area (Å²) in [5, 5.41) is 13.9. The van der Waals surface area contributed by atoms with Gasteiger partial charge in [-0.05, 0) is 47.9 Å². The molecule has 1 N–H and O–H groups in total. The van der Waals surface area contributed by atoms with Crippen LogP contribution in [-0.2, 0) is 0 Å². The summed E-state index contributed by atoms with van der Waals surface area (Å²) in [7, 11) is 0. The molecule has 0 bridgehead atoms. The van der Waals surface area contributed by atoms with E-state index in [0.29, 0.717) is 11.3 Å². The van der Waals surface area contributed by atoms with Crippen LogP contribution in [0.5, 0.6) is 0 Å². The summed E-state index contributed by atoms with van der Waals surface area (Å²) in [6.07, 6.45) is 0. The lowest BCUT2D eigenvalue weighted by Crippen LogP contribution is -2.13. The fourth-order valence-electron chi connectivity index (χ4n) is 3.47. The van der Waals surface area contributed by atoms with Crippen molar-refractivity contribution in [2.75, 3.05) is 5.32 Å². The van der Waals surface area contributed by atoms with Crippen molar-refractivity contribution in [1.29, 1.82) is 0 Å². The minimum absolute atomic E-state index is 0.0456. The Labute approximate surface area is 196 Å². The van der Waals surface area contributed by atoms with E-state index in [4.69, 9.17) is 0 Å². The van der Waals surface area contributed by atoms with Crippen molar-refractivity contribution in [2.24, 2.45) is 0 Å². The molecule has 1 amide bonds. The number of nitrogens with zero attached hydrogens (tertiary/aromatic N) is 1. The van der Waals surface area contributed by atoms with E-state index >= 15 is 0 Å². The maximum Gasteiger partial charge on any atom is 0.269 e. The SMILES string of the molecule is Cc1ccc(NC(=O)c2ccc([N+](=O)[O-])cc2)c(SC(c2ccccc2)c2ccccc2)c1. The minimum Gasteiger partial charge on any atom is -0.321 e. The lowest BCUT2D eigenvalue weighted by atomic mass is 10.0. The molecule has 6 heteroatoms. The Morgan fingerprint density at radius 3 is 1.97 bits per heavy atom. The number of benzene rings is 4. The van der Waals surface area contributed by atoms with E-state index in [2.05, 4.69) is 35.6 Å². The van der Waals surface area contributed by atoms with Gasteiger partial charge >= 0.3 is 0 Å². The highest BCUT2D eigenvalue weighted by molar-refractivity contribution is 7.99. The van der Waals surface area contributed by atoms with Gasteiger partial charge in [0.1, 0.15) is 0 Å². The molecule has 5 nitrogen and oxygen atoms in total. The molecule has 0 unspecified atom stereocenters. The highest BCUT2D eigenvalue weighted by Gasteiger charge is 2.19. The molecule has 4 aromatic rings. The van der Waals surface area contributed by atoms with Crippen molar-refractivity contribution in [3.05, 3.63) is 135 Å². The molecule has 0 saturated heterocycles. The van der Waals surface area contributed by atoms with Crippen LogP contribution in [0, 0.1) is 17.0 Å². The zero-order chi connectivity index (χ0) is 23.2. The lowest BCUT2D eigenvalue weighted by Gasteiger charge is -2.20. The number of non-ortho nitro benzene ring substituents is 1. The minimum atomic E-state index is -0.482. The van der Waals surface area contributed by atoms with Crippen LogP contribution in [0.1, 0.15) is 32.3 Å². The number of amides is 1. The Bertz CT molecular complexity index is 1220. The van der Waals surface area contributed by atoms with E-state index in [0.717, 1.165) is 10.5 Å². The molecule has 0 fully saturated rings. The number of hydrogen-bond acceptors (Lipinski definition) is 4. The van der Waals surface area contributed by atoms with Crippen molar-refractivity contribution < 1.29 is 9.72 Å². The summed E-state index contributed by atoms with van der Waals surface area (Å²) in [5.41, 5.74) is 4.44. The molecule has 0 aliphatic carbocycles. The van der Waals surface area contributed by atoms with E-state index in [1.54, 1.807) is 11.8 Å². The van der Waals surface area contributed by atoms with E-state index in [9.17, 15) is 14.9 Å². The van der Waals surface area contributed by atoms with Crippen LogP contribution in [0.4, 0.5) is 11.4 Å². The molecular formula is C27H22N2O3S. The summed E-state index contributed by atoms with van der Waals surface area (Å²) in [6, 6.07) is 32.0. The molecule has 0 aromatic heterocycles. The first-order valence-electron chi connectivity index (χ1n) is 10.4. The van der Waals surface area contributed by atoms with Crippen molar-refractivity contribution in [3.63, 3.8) is 0 Å². The molecule has 0 aliphatic heterocycles. The highest BCUT2D eigenvalue weighted by atomic mass is 32.2. The van der Waals surface area contributed by atoms with Gasteiger partial charge in [0.25, 0.3) is 11.6 Å². The zero-order valence-corrected chi connectivity index (χ0v) is 18.8. The Morgan fingerprint density at radius 1 is 0.848 bits per heavy atom. The lowest BCUT2D eigenvalue weighted by molar-refractivity contribution is -0.384. The number of carbonyl (C=O) groups excluding carboxylic acids is 1. The molecule has 0 spiro atoms. The maximum atomic E-state index is 12.9. The number of carbonyl (C=O) groups is 1. The number of rotatable bonds is 7. The van der Waals surface area contributed by atoms with Crippen molar-refractivity contribution in [2.45, 2.75) is 17.1 Å². The second kappa shape index (κ2) is 10.1. The van der Waals surface area contributed by atoms with E-state index in [-0.39, 0.29) is 16.8 Å². The van der Waals surface area contributed by atoms with Crippen LogP contribution in [-0.4, -0.2) is 10.8 Å². The number of anilines is 1. The predicted molar refractivity (Wildman–Crippen MR) is 133 cm³/mol. The molecule has 164 valence electrons. The van der Waals surface area contributed by atoms with Crippen LogP contribution in [0.15, 0.2) is 108 Å². The van der Waals surface area contributed by atoms with Crippen molar-refractivity contribution in [1.82, 2.24) is 0 Å². The van der Waals surface area contributed by atoms with Crippen LogP contribution in [0.2, 0.25) is 0 Å². The van der Waals surface area contributed by atoms with Crippen LogP contribution in [0.25, 0.3) is 0 Å². The first kappa shape index (κ1) is 22.3. The van der Waals surface area contributed by atoms with Crippen molar-refractivity contribution >= 4 is 29.0 Å². The Morgan fingerprint density at radius 2 is 1.42 bits per heavy atom. The molecular weight excluding hydrogens is 432 g/mol. The molecule has 0 atom stereocenters. The number of nitrogens with one attached hydrogen (secondary N) is 1. The predicted octanol–water partition coefficient (Wildman–Crippen LogP) is 7.04. The average molecular weight is 455 g/mol. The second-order valence-electron chi connectivity index (χ2n) is 7.58. The van der Waals surface area contributed by atoms with Gasteiger partial charge in [-0.15, -0.1) is 11.8 Å². The van der Waals surface area contributed by atoms with Gasteiger partial charge in [-0.2, -0.15) is 0 Å². The smallest absolute Gasteiger partial charge is 0.269 e. The topological polar surface area (TPSA) is 72.2 Å². The number of aryl methyl sites for hydroxylation is 1. The molecule has 4 rings (SSSR count). The molecule has 0 heterocycles. The van der Waals surface area contributed by atoms with Gasteiger partial charge in [-0.3, -0.25) is 14.9 Å². The third-order valence-electron chi connectivity index (χ3n) is 5.18. The largest absolute Gasteiger partial charge is 0.321 e. The fourth-order valence-corrected chi connectivity index (χ4v) is 4.81. The highest BCUT2D eigenvalue weighted by Crippen LogP contribution is 2.43. The first-order valence-corrected chi connectivity index (χ1v) is 11.3. The Balaban J connectivity index is 1.64. The zero-order valence-electron chi connectivity index (χ0n) is 18.0. The third-order valence-corrected chi connectivity index (χ3v) is 6.55. The fraction of sp³-hybridized carbons (Fsp3) is 0.0741. The number of nitro benzene ring substituents is 1. The summed E-state index contributed by atoms with van der Waals surface area (Å²) in [5.74, 6) is -0.313. The monoisotopic (exact) mass is 454 g/mol. The van der Waals surface area contributed by atoms with E-state index < -0.39 is 4.92 Å². The van der Waals surface area contributed by atoms with Crippen LogP contribution < -0.4 is 5.32 Å². The molecule has 33 heavy (non-hydrogen) atoms. The van der Waals surface area contributed by atoms with Gasteiger partial charge in [0.2, 0.25) is 0 Å². The van der Waals surface area contributed by atoms with Gasteiger partial charge in [0, 0.05) is 22.6 Å². The normalized spacial score (nSPS) is 10.7. The molecule has 0 radical (unpaired) electrons. The van der Waals surface area contributed by atoms with E-state index in [1.807, 2.05) is 55.5 Å². The van der Waals surface area contributed by atoms with Gasteiger partial charge < -0.3 is 5.32 Å². The van der Waals surface area contributed by atoms with E-state index in [1.165, 1.54) is 35.4 Å². The van der Waals surface area contributed by atoms with Crippen molar-refractivity contribution in [3.8, 4) is 0 Å². The number of hydrogen-bond donors (Lipinski definition) is 1. The summed E-state index contributed by atoms with van der Waals surface area (Å²) in [6.45, 7) is 2.02. The standard InChI is InChI=1S/C27H22N2O3S/c1-19-12-17-24(28-27(30)22-13-15-23(16-14-22)29(31)32)25(18-19)33-26(20-8-4-2-5-9-20)21-10-6-3-7-11-21/h2-18,26H,1H3,(H,28,30). The Hall–Kier alpha value is -3.90. The number of thioether (sulfide) groups is 1. The molecule has 4 aromatic carbocycles. The van der Waals surface area contributed by atoms with Gasteiger partial charge in [0.05, 0.1) is 15.9 Å². The first-order chi connectivity index (χ1) is 16.0. The van der Waals surface area contributed by atoms with Gasteiger partial charge in [-0.1, -0.05) is 66.7 Å². The Kier molecular flexibility index (Phi) is 6.86. The summed E-state index contributed by atoms with van der Waals surface area (Å²) in [4.78, 5) is 24.2. The van der Waals surface area contributed by atoms with Crippen LogP contribution in [0.3, 0.4) is 0 Å². The van der Waals surface area contributed by atoms with Crippen LogP contribution >= 0.6 is 11.8 Å². The molecule has 0 saturated carbocycles. The quantitative estimate of drug-likeness (QED) is 0.185. The van der Waals surface area contributed by atoms with Gasteiger partial charge in [-0.25, -0.2) is 0 Å². The second-order valence-corrected chi connectivity index (χ2v) is 8.72.